The summed E-state index contributed by atoms with van der Waals surface area (Å²) in [5.41, 5.74) is 1.56. The highest BCUT2D eigenvalue weighted by molar-refractivity contribution is 5.94. The van der Waals surface area contributed by atoms with Gasteiger partial charge in [0.05, 0.1) is 12.7 Å². The van der Waals surface area contributed by atoms with Crippen molar-refractivity contribution in [2.75, 3.05) is 39.6 Å². The summed E-state index contributed by atoms with van der Waals surface area (Å²) in [6.07, 6.45) is 2.64. The number of amides is 1. The highest BCUT2D eigenvalue weighted by atomic mass is 16.5. The predicted octanol–water partition coefficient (Wildman–Crippen LogP) is 2.38. The van der Waals surface area contributed by atoms with E-state index in [1.807, 2.05) is 30.3 Å². The number of hydrogen-bond donors (Lipinski definition) is 2. The molecule has 0 aliphatic rings. The van der Waals surface area contributed by atoms with Gasteiger partial charge in [0.1, 0.15) is 11.6 Å². The fourth-order valence-electron chi connectivity index (χ4n) is 2.27. The van der Waals surface area contributed by atoms with Gasteiger partial charge in [0.25, 0.3) is 5.91 Å². The van der Waals surface area contributed by atoms with Crippen LogP contribution >= 0.6 is 0 Å². The Morgan fingerprint density at radius 1 is 1.16 bits per heavy atom. The van der Waals surface area contributed by atoms with Gasteiger partial charge in [-0.2, -0.15) is 0 Å². The zero-order chi connectivity index (χ0) is 18.1. The molecule has 2 rings (SSSR count). The third-order valence-corrected chi connectivity index (χ3v) is 3.73. The van der Waals surface area contributed by atoms with Gasteiger partial charge in [-0.1, -0.05) is 12.1 Å². The van der Waals surface area contributed by atoms with E-state index < -0.39 is 0 Å². The molecule has 25 heavy (non-hydrogen) atoms. The molecule has 1 aromatic heterocycles. The van der Waals surface area contributed by atoms with E-state index >= 15 is 0 Å². The quantitative estimate of drug-likeness (QED) is 0.685. The van der Waals surface area contributed by atoms with Crippen molar-refractivity contribution in [3.8, 4) is 5.75 Å². The van der Waals surface area contributed by atoms with Crippen LogP contribution in [0.5, 0.6) is 5.75 Å². The fourth-order valence-corrected chi connectivity index (χ4v) is 2.27. The standard InChI is InChI=1S/C19H26N4O2/c1-23(2)12-4-11-20-18-10-7-16(14-21-18)19(24)22-13-15-5-8-17(25-3)9-6-15/h5-10,14H,4,11-13H2,1-3H3,(H,20,21)(H,22,24). The van der Waals surface area contributed by atoms with Crippen LogP contribution in [0, 0.1) is 0 Å². The summed E-state index contributed by atoms with van der Waals surface area (Å²) in [6.45, 7) is 2.35. The molecule has 0 aliphatic heterocycles. The SMILES string of the molecule is COc1ccc(CNC(=O)c2ccc(NCCCN(C)C)nc2)cc1. The molecule has 0 saturated heterocycles. The Morgan fingerprint density at radius 2 is 1.92 bits per heavy atom. The number of methoxy groups -OCH3 is 1. The number of hydrogen-bond acceptors (Lipinski definition) is 5. The number of nitrogens with zero attached hydrogens (tertiary/aromatic N) is 2. The molecule has 1 heterocycles. The monoisotopic (exact) mass is 342 g/mol. The minimum absolute atomic E-state index is 0.137. The molecule has 2 aromatic rings. The number of rotatable bonds is 9. The van der Waals surface area contributed by atoms with Crippen LogP contribution in [0.4, 0.5) is 5.82 Å². The van der Waals surface area contributed by atoms with Gasteiger partial charge in [-0.15, -0.1) is 0 Å². The summed E-state index contributed by atoms with van der Waals surface area (Å²) in [6, 6.07) is 11.2. The molecule has 2 N–H and O–H groups in total. The average Bonchev–Trinajstić information content (AvgIpc) is 2.64. The van der Waals surface area contributed by atoms with Gasteiger partial charge in [0.15, 0.2) is 0 Å². The lowest BCUT2D eigenvalue weighted by atomic mass is 10.2. The van der Waals surface area contributed by atoms with Crippen LogP contribution in [0.2, 0.25) is 0 Å². The van der Waals surface area contributed by atoms with Gasteiger partial charge < -0.3 is 20.3 Å². The number of carbonyl (C=O) groups is 1. The largest absolute Gasteiger partial charge is 0.497 e. The third kappa shape index (κ3) is 6.43. The summed E-state index contributed by atoms with van der Waals surface area (Å²) in [5, 5.41) is 6.14. The second-order valence-electron chi connectivity index (χ2n) is 6.05. The number of aromatic nitrogens is 1. The summed E-state index contributed by atoms with van der Waals surface area (Å²) >= 11 is 0. The van der Waals surface area contributed by atoms with E-state index in [2.05, 4.69) is 34.6 Å². The van der Waals surface area contributed by atoms with Crippen molar-refractivity contribution in [3.05, 3.63) is 53.7 Å². The fraction of sp³-hybridized carbons (Fsp3) is 0.368. The molecular weight excluding hydrogens is 316 g/mol. The Bertz CT molecular complexity index is 654. The van der Waals surface area contributed by atoms with Gasteiger partial charge in [-0.25, -0.2) is 4.98 Å². The maximum atomic E-state index is 12.2. The number of ether oxygens (including phenoxy) is 1. The smallest absolute Gasteiger partial charge is 0.253 e. The number of anilines is 1. The first-order chi connectivity index (χ1) is 12.1. The zero-order valence-electron chi connectivity index (χ0n) is 15.1. The van der Waals surface area contributed by atoms with E-state index in [4.69, 9.17) is 4.74 Å². The van der Waals surface area contributed by atoms with Gasteiger partial charge in [-0.05, 0) is 56.9 Å². The van der Waals surface area contributed by atoms with Crippen LogP contribution in [0.1, 0.15) is 22.3 Å². The topological polar surface area (TPSA) is 66.5 Å². The number of benzene rings is 1. The van der Waals surface area contributed by atoms with Gasteiger partial charge in [0.2, 0.25) is 0 Å². The molecule has 134 valence electrons. The van der Waals surface area contributed by atoms with Crippen LogP contribution in [-0.2, 0) is 6.54 Å². The first-order valence-electron chi connectivity index (χ1n) is 8.34. The normalized spacial score (nSPS) is 10.6. The zero-order valence-corrected chi connectivity index (χ0v) is 15.1. The Kier molecular flexibility index (Phi) is 7.22. The predicted molar refractivity (Wildman–Crippen MR) is 100 cm³/mol. The second kappa shape index (κ2) is 9.64. The van der Waals surface area contributed by atoms with E-state index in [9.17, 15) is 4.79 Å². The van der Waals surface area contributed by atoms with Gasteiger partial charge in [0, 0.05) is 19.3 Å². The van der Waals surface area contributed by atoms with E-state index in [1.54, 1.807) is 19.4 Å². The number of carbonyl (C=O) groups excluding carboxylic acids is 1. The number of pyridine rings is 1. The highest BCUT2D eigenvalue weighted by Crippen LogP contribution is 2.11. The van der Waals surface area contributed by atoms with Crippen LogP contribution < -0.4 is 15.4 Å². The van der Waals surface area contributed by atoms with E-state index in [-0.39, 0.29) is 5.91 Å². The molecule has 0 atom stereocenters. The first kappa shape index (κ1) is 18.7. The lowest BCUT2D eigenvalue weighted by Crippen LogP contribution is -2.23. The maximum absolute atomic E-state index is 12.2. The first-order valence-corrected chi connectivity index (χ1v) is 8.34. The lowest BCUT2D eigenvalue weighted by Gasteiger charge is -2.10. The van der Waals surface area contributed by atoms with Crippen molar-refractivity contribution in [2.24, 2.45) is 0 Å². The second-order valence-corrected chi connectivity index (χ2v) is 6.05. The number of nitrogens with one attached hydrogen (secondary N) is 2. The van der Waals surface area contributed by atoms with Crippen molar-refractivity contribution in [1.82, 2.24) is 15.2 Å². The molecule has 6 nitrogen and oxygen atoms in total. The highest BCUT2D eigenvalue weighted by Gasteiger charge is 2.06. The average molecular weight is 342 g/mol. The summed E-state index contributed by atoms with van der Waals surface area (Å²) in [7, 11) is 5.74. The van der Waals surface area contributed by atoms with Crippen molar-refractivity contribution in [1.29, 1.82) is 0 Å². The van der Waals surface area contributed by atoms with E-state index in [1.165, 1.54) is 0 Å². The summed E-state index contributed by atoms with van der Waals surface area (Å²) in [5.74, 6) is 1.45. The molecule has 0 saturated carbocycles. The molecule has 6 heteroatoms. The van der Waals surface area contributed by atoms with Crippen LogP contribution in [-0.4, -0.2) is 50.1 Å². The van der Waals surface area contributed by atoms with Gasteiger partial charge >= 0.3 is 0 Å². The van der Waals surface area contributed by atoms with Crippen LogP contribution in [0.15, 0.2) is 42.6 Å². The third-order valence-electron chi connectivity index (χ3n) is 3.73. The molecule has 0 aliphatic carbocycles. The maximum Gasteiger partial charge on any atom is 0.253 e. The Hall–Kier alpha value is -2.60. The van der Waals surface area contributed by atoms with Crippen LogP contribution in [0.25, 0.3) is 0 Å². The van der Waals surface area contributed by atoms with Crippen molar-refractivity contribution >= 4 is 11.7 Å². The van der Waals surface area contributed by atoms with Crippen LogP contribution in [0.3, 0.4) is 0 Å². The summed E-state index contributed by atoms with van der Waals surface area (Å²) in [4.78, 5) is 18.6. The molecular formula is C19H26N4O2. The van der Waals surface area contributed by atoms with E-state index in [0.717, 1.165) is 36.6 Å². The molecule has 1 aromatic carbocycles. The Balaban J connectivity index is 1.79. The van der Waals surface area contributed by atoms with E-state index in [0.29, 0.717) is 12.1 Å². The van der Waals surface area contributed by atoms with Crippen molar-refractivity contribution in [2.45, 2.75) is 13.0 Å². The summed E-state index contributed by atoms with van der Waals surface area (Å²) < 4.78 is 5.12. The van der Waals surface area contributed by atoms with Crippen molar-refractivity contribution in [3.63, 3.8) is 0 Å². The Morgan fingerprint density at radius 3 is 2.52 bits per heavy atom. The molecule has 0 unspecified atom stereocenters. The lowest BCUT2D eigenvalue weighted by molar-refractivity contribution is 0.0950. The minimum atomic E-state index is -0.137. The van der Waals surface area contributed by atoms with Crippen molar-refractivity contribution < 1.29 is 9.53 Å². The molecule has 0 spiro atoms. The minimum Gasteiger partial charge on any atom is -0.497 e. The molecule has 1 amide bonds. The van der Waals surface area contributed by atoms with Gasteiger partial charge in [-0.3, -0.25) is 4.79 Å². The Labute approximate surface area is 149 Å². The molecule has 0 radical (unpaired) electrons. The molecule has 0 fully saturated rings. The molecule has 0 bridgehead atoms.